The van der Waals surface area contributed by atoms with E-state index >= 15 is 0 Å². The molecule has 0 saturated carbocycles. The van der Waals surface area contributed by atoms with E-state index in [4.69, 9.17) is 27.9 Å². The molecule has 2 nitrogen and oxygen atoms in total. The fourth-order valence-electron chi connectivity index (χ4n) is 1.77. The predicted octanol–water partition coefficient (Wildman–Crippen LogP) is 5.42. The Balaban J connectivity index is 2.23. The van der Waals surface area contributed by atoms with Crippen molar-refractivity contribution in [3.63, 3.8) is 0 Å². The highest BCUT2D eigenvalue weighted by Gasteiger charge is 2.08. The van der Waals surface area contributed by atoms with Crippen LogP contribution < -0.4 is 10.1 Å². The fourth-order valence-corrected chi connectivity index (χ4v) is 2.08. The van der Waals surface area contributed by atoms with Crippen LogP contribution in [-0.2, 0) is 6.54 Å². The summed E-state index contributed by atoms with van der Waals surface area (Å²) < 4.78 is 19.2. The highest BCUT2D eigenvalue weighted by Crippen LogP contribution is 2.29. The standard InChI is InChI=1S/C16H16Cl2FNO/c1-10(2)20-9-11-7-12(17)3-6-16(11)21-13-4-5-14(18)15(19)8-13/h3-8,10,20H,9H2,1-2H3. The van der Waals surface area contributed by atoms with Crippen LogP contribution in [0.15, 0.2) is 36.4 Å². The molecule has 21 heavy (non-hydrogen) atoms. The van der Waals surface area contributed by atoms with Crippen molar-refractivity contribution in [2.24, 2.45) is 0 Å². The molecule has 0 heterocycles. The molecule has 5 heteroatoms. The zero-order valence-electron chi connectivity index (χ0n) is 11.8. The normalized spacial score (nSPS) is 11.0. The molecule has 0 aliphatic rings. The van der Waals surface area contributed by atoms with E-state index < -0.39 is 5.82 Å². The molecule has 112 valence electrons. The van der Waals surface area contributed by atoms with Gasteiger partial charge >= 0.3 is 0 Å². The molecule has 0 radical (unpaired) electrons. The van der Waals surface area contributed by atoms with E-state index in [-0.39, 0.29) is 5.02 Å². The first-order valence-electron chi connectivity index (χ1n) is 6.60. The summed E-state index contributed by atoms with van der Waals surface area (Å²) in [6, 6.07) is 10.0. The smallest absolute Gasteiger partial charge is 0.145 e. The Morgan fingerprint density at radius 2 is 1.90 bits per heavy atom. The van der Waals surface area contributed by atoms with Crippen LogP contribution in [0.4, 0.5) is 4.39 Å². The maximum absolute atomic E-state index is 13.5. The third-order valence-electron chi connectivity index (χ3n) is 2.84. The quantitative estimate of drug-likeness (QED) is 0.791. The molecule has 2 aromatic carbocycles. The molecule has 0 aromatic heterocycles. The molecule has 2 aromatic rings. The van der Waals surface area contributed by atoms with E-state index in [1.54, 1.807) is 18.2 Å². The zero-order chi connectivity index (χ0) is 15.4. The van der Waals surface area contributed by atoms with E-state index in [0.717, 1.165) is 5.56 Å². The Labute approximate surface area is 133 Å². The number of rotatable bonds is 5. The lowest BCUT2D eigenvalue weighted by Gasteiger charge is -2.14. The minimum absolute atomic E-state index is 0.0696. The molecule has 0 bridgehead atoms. The van der Waals surface area contributed by atoms with Crippen molar-refractivity contribution in [1.82, 2.24) is 5.32 Å². The van der Waals surface area contributed by atoms with Gasteiger partial charge in [-0.2, -0.15) is 0 Å². The highest BCUT2D eigenvalue weighted by molar-refractivity contribution is 6.31. The van der Waals surface area contributed by atoms with Gasteiger partial charge in [0.05, 0.1) is 5.02 Å². The summed E-state index contributed by atoms with van der Waals surface area (Å²) in [4.78, 5) is 0. The second-order valence-electron chi connectivity index (χ2n) is 4.97. The number of ether oxygens (including phenoxy) is 1. The van der Waals surface area contributed by atoms with Crippen LogP contribution in [0.3, 0.4) is 0 Å². The van der Waals surface area contributed by atoms with Crippen molar-refractivity contribution in [1.29, 1.82) is 0 Å². The monoisotopic (exact) mass is 327 g/mol. The van der Waals surface area contributed by atoms with Crippen molar-refractivity contribution >= 4 is 23.2 Å². The van der Waals surface area contributed by atoms with Gasteiger partial charge in [0.1, 0.15) is 17.3 Å². The molecule has 1 N–H and O–H groups in total. The summed E-state index contributed by atoms with van der Waals surface area (Å²) in [5.74, 6) is 0.518. The molecule has 2 rings (SSSR count). The van der Waals surface area contributed by atoms with Crippen LogP contribution >= 0.6 is 23.2 Å². The molecule has 0 spiro atoms. The van der Waals surface area contributed by atoms with Crippen molar-refractivity contribution in [3.05, 3.63) is 57.8 Å². The highest BCUT2D eigenvalue weighted by atomic mass is 35.5. The lowest BCUT2D eigenvalue weighted by Crippen LogP contribution is -2.22. The van der Waals surface area contributed by atoms with Gasteiger partial charge in [-0.3, -0.25) is 0 Å². The molecule has 0 aliphatic heterocycles. The van der Waals surface area contributed by atoms with Gasteiger partial charge in [-0.15, -0.1) is 0 Å². The van der Waals surface area contributed by atoms with Crippen LogP contribution in [0.5, 0.6) is 11.5 Å². The minimum atomic E-state index is -0.509. The topological polar surface area (TPSA) is 21.3 Å². The lowest BCUT2D eigenvalue weighted by molar-refractivity contribution is 0.464. The summed E-state index contributed by atoms with van der Waals surface area (Å²) in [7, 11) is 0. The minimum Gasteiger partial charge on any atom is -0.457 e. The Hall–Kier alpha value is -1.29. The zero-order valence-corrected chi connectivity index (χ0v) is 13.3. The summed E-state index contributed by atoms with van der Waals surface area (Å²) in [6.45, 7) is 4.73. The third kappa shape index (κ3) is 4.60. The molecule has 0 unspecified atom stereocenters. The Kier molecular flexibility index (Phi) is 5.45. The van der Waals surface area contributed by atoms with Gasteiger partial charge in [-0.05, 0) is 30.3 Å². The first-order chi connectivity index (χ1) is 9.95. The van der Waals surface area contributed by atoms with Crippen molar-refractivity contribution < 1.29 is 9.13 Å². The average molecular weight is 328 g/mol. The van der Waals surface area contributed by atoms with E-state index in [0.29, 0.717) is 29.1 Å². The van der Waals surface area contributed by atoms with Gasteiger partial charge in [0, 0.05) is 29.2 Å². The van der Waals surface area contributed by atoms with E-state index in [1.165, 1.54) is 12.1 Å². The third-order valence-corrected chi connectivity index (χ3v) is 3.38. The molecule has 0 amide bonds. The van der Waals surface area contributed by atoms with Crippen LogP contribution in [0.25, 0.3) is 0 Å². The second-order valence-corrected chi connectivity index (χ2v) is 5.81. The first-order valence-corrected chi connectivity index (χ1v) is 7.36. The van der Waals surface area contributed by atoms with Crippen molar-refractivity contribution in [2.45, 2.75) is 26.4 Å². The van der Waals surface area contributed by atoms with Crippen LogP contribution in [0.1, 0.15) is 19.4 Å². The van der Waals surface area contributed by atoms with Gasteiger partial charge in [0.15, 0.2) is 0 Å². The number of nitrogens with one attached hydrogen (secondary N) is 1. The summed E-state index contributed by atoms with van der Waals surface area (Å²) in [6.07, 6.45) is 0. The van der Waals surface area contributed by atoms with Crippen LogP contribution in [-0.4, -0.2) is 6.04 Å². The molecule has 0 aliphatic carbocycles. The molecule has 0 atom stereocenters. The van der Waals surface area contributed by atoms with Crippen LogP contribution in [0.2, 0.25) is 10.0 Å². The number of halogens is 3. The molecular formula is C16H16Cl2FNO. The van der Waals surface area contributed by atoms with E-state index in [1.807, 2.05) is 6.07 Å². The Morgan fingerprint density at radius 1 is 1.14 bits per heavy atom. The van der Waals surface area contributed by atoms with Gasteiger partial charge in [-0.25, -0.2) is 4.39 Å². The van der Waals surface area contributed by atoms with Crippen LogP contribution in [0, 0.1) is 5.82 Å². The average Bonchev–Trinajstić information content (AvgIpc) is 2.43. The van der Waals surface area contributed by atoms with Gasteiger partial charge in [-0.1, -0.05) is 37.0 Å². The van der Waals surface area contributed by atoms with E-state index in [2.05, 4.69) is 19.2 Å². The summed E-state index contributed by atoms with van der Waals surface area (Å²) in [5, 5.41) is 4.00. The van der Waals surface area contributed by atoms with E-state index in [9.17, 15) is 4.39 Å². The SMILES string of the molecule is CC(C)NCc1cc(Cl)ccc1Oc1ccc(Cl)c(F)c1. The maximum atomic E-state index is 13.5. The Morgan fingerprint density at radius 3 is 2.57 bits per heavy atom. The van der Waals surface area contributed by atoms with Gasteiger partial charge < -0.3 is 10.1 Å². The number of hydrogen-bond donors (Lipinski definition) is 1. The molecule has 0 fully saturated rings. The Bertz CT molecular complexity index is 632. The lowest BCUT2D eigenvalue weighted by atomic mass is 10.2. The van der Waals surface area contributed by atoms with Gasteiger partial charge in [0.25, 0.3) is 0 Å². The fraction of sp³-hybridized carbons (Fsp3) is 0.250. The molecule has 0 saturated heterocycles. The number of hydrogen-bond acceptors (Lipinski definition) is 2. The van der Waals surface area contributed by atoms with Crippen molar-refractivity contribution in [2.75, 3.05) is 0 Å². The largest absolute Gasteiger partial charge is 0.457 e. The second kappa shape index (κ2) is 7.12. The maximum Gasteiger partial charge on any atom is 0.145 e. The first kappa shape index (κ1) is 16.1. The predicted molar refractivity (Wildman–Crippen MR) is 84.9 cm³/mol. The summed E-state index contributed by atoms with van der Waals surface area (Å²) in [5.41, 5.74) is 0.909. The van der Waals surface area contributed by atoms with Crippen molar-refractivity contribution in [3.8, 4) is 11.5 Å². The summed E-state index contributed by atoms with van der Waals surface area (Å²) >= 11 is 11.7. The molecular weight excluding hydrogens is 312 g/mol. The number of benzene rings is 2. The van der Waals surface area contributed by atoms with Gasteiger partial charge in [0.2, 0.25) is 0 Å².